The smallest absolute Gasteiger partial charge is 0.0791 e. The Morgan fingerprint density at radius 1 is 1.00 bits per heavy atom. The highest BCUT2D eigenvalue weighted by Crippen LogP contribution is 1.76. The first kappa shape index (κ1) is 7.02. The van der Waals surface area contributed by atoms with Gasteiger partial charge in [-0.1, -0.05) is 24.3 Å². The lowest BCUT2D eigenvalue weighted by Gasteiger charge is -1.68. The number of aliphatic hydroxyl groups is 1. The topological polar surface area (TPSA) is 20.2 Å². The van der Waals surface area contributed by atoms with Gasteiger partial charge in [0.2, 0.25) is 0 Å². The summed E-state index contributed by atoms with van der Waals surface area (Å²) in [7, 11) is 0. The zero-order valence-electron chi connectivity index (χ0n) is 4.91. The van der Waals surface area contributed by atoms with Gasteiger partial charge in [0, 0.05) is 0 Å². The number of hydrogen-bond acceptors (Lipinski definition) is 1. The highest BCUT2D eigenvalue weighted by atomic mass is 16.2. The van der Waals surface area contributed by atoms with Crippen LogP contribution in [0.2, 0.25) is 0 Å². The third-order valence-corrected chi connectivity index (χ3v) is 0.612. The van der Waals surface area contributed by atoms with E-state index in [1.54, 1.807) is 12.2 Å². The number of aliphatic hydroxyl groups excluding tert-OH is 1. The maximum Gasteiger partial charge on any atom is 0.0791 e. The van der Waals surface area contributed by atoms with E-state index in [4.69, 9.17) is 5.11 Å². The van der Waals surface area contributed by atoms with Crippen molar-refractivity contribution in [3.8, 4) is 0 Å². The molecule has 0 aliphatic rings. The van der Waals surface area contributed by atoms with Gasteiger partial charge in [-0.2, -0.15) is 0 Å². The number of rotatable bonds is 2. The Morgan fingerprint density at radius 3 is 2.12 bits per heavy atom. The summed E-state index contributed by atoms with van der Waals surface area (Å²) in [6, 6.07) is 0. The van der Waals surface area contributed by atoms with Gasteiger partial charge in [-0.3, -0.25) is 0 Å². The largest absolute Gasteiger partial charge is 0.516 e. The monoisotopic (exact) mass is 110 g/mol. The highest BCUT2D eigenvalue weighted by molar-refractivity contribution is 5.08. The molecule has 0 spiro atoms. The fourth-order valence-corrected chi connectivity index (χ4v) is 0.289. The molecule has 0 aromatic heterocycles. The van der Waals surface area contributed by atoms with Crippen molar-refractivity contribution in [1.82, 2.24) is 0 Å². The van der Waals surface area contributed by atoms with E-state index in [1.165, 1.54) is 0 Å². The molecule has 0 saturated heterocycles. The molecule has 8 heavy (non-hydrogen) atoms. The first-order chi connectivity index (χ1) is 3.91. The third kappa shape index (κ3) is 5.02. The van der Waals surface area contributed by atoms with E-state index < -0.39 is 0 Å². The summed E-state index contributed by atoms with van der Waals surface area (Å²) in [5.74, 6) is 0. The first-order valence-corrected chi connectivity index (χ1v) is 2.50. The van der Waals surface area contributed by atoms with Crippen LogP contribution in [0.1, 0.15) is 6.92 Å². The summed E-state index contributed by atoms with van der Waals surface area (Å²) in [5, 5.41) is 8.11. The van der Waals surface area contributed by atoms with E-state index in [0.717, 1.165) is 6.26 Å². The second-order valence-corrected chi connectivity index (χ2v) is 1.25. The van der Waals surface area contributed by atoms with Gasteiger partial charge >= 0.3 is 0 Å². The molecule has 0 rings (SSSR count). The van der Waals surface area contributed by atoms with Crippen molar-refractivity contribution < 1.29 is 5.11 Å². The van der Waals surface area contributed by atoms with E-state index in [0.29, 0.717) is 0 Å². The van der Waals surface area contributed by atoms with Crippen LogP contribution in [-0.4, -0.2) is 5.11 Å². The molecule has 1 nitrogen and oxygen atoms in total. The van der Waals surface area contributed by atoms with Crippen molar-refractivity contribution in [2.24, 2.45) is 0 Å². The van der Waals surface area contributed by atoms with Gasteiger partial charge in [0.15, 0.2) is 0 Å². The van der Waals surface area contributed by atoms with Crippen molar-refractivity contribution in [3.05, 3.63) is 36.6 Å². The predicted molar refractivity (Wildman–Crippen MR) is 35.7 cm³/mol. The lowest BCUT2D eigenvalue weighted by Crippen LogP contribution is -1.48. The van der Waals surface area contributed by atoms with Crippen LogP contribution in [0.5, 0.6) is 0 Å². The van der Waals surface area contributed by atoms with Crippen LogP contribution in [0, 0.1) is 0 Å². The molecule has 0 aliphatic carbocycles. The van der Waals surface area contributed by atoms with Crippen LogP contribution >= 0.6 is 0 Å². The zero-order valence-corrected chi connectivity index (χ0v) is 4.91. The van der Waals surface area contributed by atoms with Crippen molar-refractivity contribution in [1.29, 1.82) is 0 Å². The maximum atomic E-state index is 8.11. The molecule has 0 amide bonds. The van der Waals surface area contributed by atoms with Gasteiger partial charge in [-0.25, -0.2) is 0 Å². The summed E-state index contributed by atoms with van der Waals surface area (Å²) in [6.45, 7) is 1.94. The molecule has 0 fully saturated rings. The molecule has 0 heterocycles. The van der Waals surface area contributed by atoms with E-state index in [2.05, 4.69) is 0 Å². The molecular weight excluding hydrogens is 100 g/mol. The average molecular weight is 110 g/mol. The minimum Gasteiger partial charge on any atom is -0.516 e. The van der Waals surface area contributed by atoms with E-state index in [1.807, 2.05) is 25.2 Å². The predicted octanol–water partition coefficient (Wildman–Crippen LogP) is 2.19. The lowest BCUT2D eigenvalue weighted by atomic mass is 10.4. The van der Waals surface area contributed by atoms with Crippen LogP contribution in [-0.2, 0) is 0 Å². The minimum atomic E-state index is 1.00. The van der Waals surface area contributed by atoms with Gasteiger partial charge < -0.3 is 5.11 Å². The molecule has 0 atom stereocenters. The van der Waals surface area contributed by atoms with E-state index >= 15 is 0 Å². The number of hydrogen-bond donors (Lipinski definition) is 1. The molecule has 44 valence electrons. The highest BCUT2D eigenvalue weighted by Gasteiger charge is 1.56. The molecule has 0 aromatic rings. The van der Waals surface area contributed by atoms with Gasteiger partial charge in [0.25, 0.3) is 0 Å². The maximum absolute atomic E-state index is 8.11. The summed E-state index contributed by atoms with van der Waals surface area (Å²) in [4.78, 5) is 0. The fraction of sp³-hybridized carbons (Fsp3) is 0.143. The molecule has 0 saturated carbocycles. The van der Waals surface area contributed by atoms with Crippen LogP contribution < -0.4 is 0 Å². The van der Waals surface area contributed by atoms with Crippen LogP contribution in [0.3, 0.4) is 0 Å². The average Bonchev–Trinajstić information content (AvgIpc) is 1.81. The van der Waals surface area contributed by atoms with Crippen LogP contribution in [0.4, 0.5) is 0 Å². The first-order valence-electron chi connectivity index (χ1n) is 2.50. The molecule has 0 aliphatic heterocycles. The van der Waals surface area contributed by atoms with Crippen molar-refractivity contribution in [2.45, 2.75) is 6.92 Å². The Bertz CT molecular complexity index is 95.6. The fourth-order valence-electron chi connectivity index (χ4n) is 0.289. The SMILES string of the molecule is C\C=C/C=C\C=C\O. The van der Waals surface area contributed by atoms with E-state index in [-0.39, 0.29) is 0 Å². The Hall–Kier alpha value is -0.980. The molecule has 0 unspecified atom stereocenters. The Morgan fingerprint density at radius 2 is 1.62 bits per heavy atom. The van der Waals surface area contributed by atoms with Crippen LogP contribution in [0.15, 0.2) is 36.6 Å². The minimum absolute atomic E-state index is 1.00. The van der Waals surface area contributed by atoms with E-state index in [9.17, 15) is 0 Å². The summed E-state index contributed by atoms with van der Waals surface area (Å²) in [5.41, 5.74) is 0. The van der Waals surface area contributed by atoms with Crippen molar-refractivity contribution >= 4 is 0 Å². The standard InChI is InChI=1S/C7H10O/c1-2-3-4-5-6-7-8/h2-8H,1H3/b3-2-,5-4-,7-6+. The Kier molecular flexibility index (Phi) is 5.28. The Labute approximate surface area is 49.7 Å². The molecule has 0 radical (unpaired) electrons. The quantitative estimate of drug-likeness (QED) is 0.426. The van der Waals surface area contributed by atoms with Crippen LogP contribution in [0.25, 0.3) is 0 Å². The molecule has 1 N–H and O–H groups in total. The molecule has 0 aromatic carbocycles. The number of allylic oxidation sites excluding steroid dienone is 5. The molecule has 1 heteroatoms. The Balaban J connectivity index is 3.35. The van der Waals surface area contributed by atoms with Gasteiger partial charge in [0.1, 0.15) is 0 Å². The lowest BCUT2D eigenvalue weighted by molar-refractivity contribution is 0.474. The van der Waals surface area contributed by atoms with Crippen molar-refractivity contribution in [3.63, 3.8) is 0 Å². The summed E-state index contributed by atoms with van der Waals surface area (Å²) >= 11 is 0. The molecule has 0 bridgehead atoms. The second-order valence-electron chi connectivity index (χ2n) is 1.25. The van der Waals surface area contributed by atoms with Gasteiger partial charge in [-0.15, -0.1) is 0 Å². The van der Waals surface area contributed by atoms with Gasteiger partial charge in [-0.05, 0) is 13.0 Å². The molecular formula is C7H10O. The van der Waals surface area contributed by atoms with Crippen molar-refractivity contribution in [2.75, 3.05) is 0 Å². The third-order valence-electron chi connectivity index (χ3n) is 0.612. The normalized spacial score (nSPS) is 12.6. The summed E-state index contributed by atoms with van der Waals surface area (Å²) in [6.07, 6.45) is 9.95. The second kappa shape index (κ2) is 6.02. The summed E-state index contributed by atoms with van der Waals surface area (Å²) < 4.78 is 0. The zero-order chi connectivity index (χ0) is 6.24. The van der Waals surface area contributed by atoms with Gasteiger partial charge in [0.05, 0.1) is 6.26 Å².